The van der Waals surface area contributed by atoms with Crippen LogP contribution in [0.15, 0.2) is 23.2 Å². The molecule has 2 amide bonds. The summed E-state index contributed by atoms with van der Waals surface area (Å²) < 4.78 is 10.5. The Labute approximate surface area is 157 Å². The molecule has 1 saturated heterocycles. The monoisotopic (exact) mass is 378 g/mol. The van der Waals surface area contributed by atoms with E-state index in [0.29, 0.717) is 30.3 Å². The highest BCUT2D eigenvalue weighted by Gasteiger charge is 2.39. The Morgan fingerprint density at radius 1 is 1.31 bits per heavy atom. The Morgan fingerprint density at radius 3 is 2.65 bits per heavy atom. The van der Waals surface area contributed by atoms with Crippen molar-refractivity contribution in [1.29, 1.82) is 0 Å². The largest absolute Gasteiger partial charge is 0.497 e. The number of nitrogens with one attached hydrogen (secondary N) is 1. The third-order valence-corrected chi connectivity index (χ3v) is 4.04. The molecule has 140 valence electrons. The van der Waals surface area contributed by atoms with Crippen LogP contribution in [-0.2, 0) is 9.59 Å². The lowest BCUT2D eigenvalue weighted by Crippen LogP contribution is -2.58. The predicted molar refractivity (Wildman–Crippen MR) is 103 cm³/mol. The standard InChI is InChI=1S/C17H22N4O4S/c1-20(2)8-7-18-10-12-15(22)19-17(26)21(16(12)23)13-9-11(24-3)5-6-14(13)25-4/h5-6,9-10,12H,7-8H2,1-4H3,(H,19,22,26). The number of carbonyl (C=O) groups is 2. The summed E-state index contributed by atoms with van der Waals surface area (Å²) in [6.07, 6.45) is 1.36. The highest BCUT2D eigenvalue weighted by molar-refractivity contribution is 7.80. The van der Waals surface area contributed by atoms with Crippen LogP contribution in [0.25, 0.3) is 0 Å². The fourth-order valence-corrected chi connectivity index (χ4v) is 2.65. The van der Waals surface area contributed by atoms with Crippen molar-refractivity contribution in [3.05, 3.63) is 18.2 Å². The minimum Gasteiger partial charge on any atom is -0.497 e. The van der Waals surface area contributed by atoms with E-state index in [1.807, 2.05) is 19.0 Å². The van der Waals surface area contributed by atoms with Crippen molar-refractivity contribution in [1.82, 2.24) is 10.2 Å². The van der Waals surface area contributed by atoms with Gasteiger partial charge in [0.15, 0.2) is 11.0 Å². The molecule has 1 fully saturated rings. The fourth-order valence-electron chi connectivity index (χ4n) is 2.36. The van der Waals surface area contributed by atoms with Gasteiger partial charge in [-0.05, 0) is 38.4 Å². The van der Waals surface area contributed by atoms with E-state index in [4.69, 9.17) is 21.7 Å². The molecular formula is C17H22N4O4S. The summed E-state index contributed by atoms with van der Waals surface area (Å²) in [4.78, 5) is 32.5. The summed E-state index contributed by atoms with van der Waals surface area (Å²) >= 11 is 5.20. The Bertz CT molecular complexity index is 735. The van der Waals surface area contributed by atoms with E-state index in [2.05, 4.69) is 10.3 Å². The zero-order valence-corrected chi connectivity index (χ0v) is 16.0. The van der Waals surface area contributed by atoms with Crippen LogP contribution in [0, 0.1) is 5.92 Å². The first kappa shape index (κ1) is 19.8. The molecule has 1 aromatic carbocycles. The van der Waals surface area contributed by atoms with Gasteiger partial charge in [-0.2, -0.15) is 0 Å². The average Bonchev–Trinajstić information content (AvgIpc) is 2.60. The molecular weight excluding hydrogens is 356 g/mol. The van der Waals surface area contributed by atoms with E-state index < -0.39 is 17.7 Å². The van der Waals surface area contributed by atoms with Crippen LogP contribution in [0.3, 0.4) is 0 Å². The average molecular weight is 378 g/mol. The van der Waals surface area contributed by atoms with Crippen LogP contribution in [0.4, 0.5) is 5.69 Å². The Hall–Kier alpha value is -2.52. The van der Waals surface area contributed by atoms with Gasteiger partial charge in [-0.15, -0.1) is 0 Å². The lowest BCUT2D eigenvalue weighted by Gasteiger charge is -2.31. The van der Waals surface area contributed by atoms with E-state index in [0.717, 1.165) is 0 Å². The second-order valence-corrected chi connectivity index (χ2v) is 6.23. The van der Waals surface area contributed by atoms with Crippen molar-refractivity contribution in [3.63, 3.8) is 0 Å². The molecule has 1 atom stereocenters. The van der Waals surface area contributed by atoms with E-state index in [1.54, 1.807) is 18.2 Å². The van der Waals surface area contributed by atoms with E-state index >= 15 is 0 Å². The fraction of sp³-hybridized carbons (Fsp3) is 0.412. The maximum Gasteiger partial charge on any atom is 0.251 e. The number of benzene rings is 1. The number of methoxy groups -OCH3 is 2. The molecule has 1 aliphatic heterocycles. The van der Waals surface area contributed by atoms with Crippen molar-refractivity contribution < 1.29 is 19.1 Å². The van der Waals surface area contributed by atoms with E-state index in [-0.39, 0.29) is 5.11 Å². The third-order valence-electron chi connectivity index (χ3n) is 3.76. The third kappa shape index (κ3) is 4.36. The van der Waals surface area contributed by atoms with Crippen LogP contribution in [0.5, 0.6) is 11.5 Å². The number of likely N-dealkylation sites (N-methyl/N-ethyl adjacent to an activating group) is 1. The number of aliphatic imine (C=N–C) groups is 1. The van der Waals surface area contributed by atoms with Gasteiger partial charge < -0.3 is 19.7 Å². The smallest absolute Gasteiger partial charge is 0.251 e. The molecule has 0 radical (unpaired) electrons. The van der Waals surface area contributed by atoms with Gasteiger partial charge in [-0.25, -0.2) is 0 Å². The number of hydrogen-bond acceptors (Lipinski definition) is 7. The van der Waals surface area contributed by atoms with E-state index in [9.17, 15) is 9.59 Å². The highest BCUT2D eigenvalue weighted by Crippen LogP contribution is 2.34. The minimum atomic E-state index is -1.06. The maximum atomic E-state index is 12.9. The van der Waals surface area contributed by atoms with Crippen molar-refractivity contribution in [2.45, 2.75) is 0 Å². The number of nitrogens with zero attached hydrogens (tertiary/aromatic N) is 3. The van der Waals surface area contributed by atoms with Gasteiger partial charge in [-0.3, -0.25) is 19.5 Å². The lowest BCUT2D eigenvalue weighted by molar-refractivity contribution is -0.130. The van der Waals surface area contributed by atoms with Crippen LogP contribution in [0.1, 0.15) is 0 Å². The number of thiocarbonyl (C=S) groups is 1. The first-order chi connectivity index (χ1) is 12.4. The molecule has 8 nitrogen and oxygen atoms in total. The second-order valence-electron chi connectivity index (χ2n) is 5.84. The highest BCUT2D eigenvalue weighted by atomic mass is 32.1. The molecule has 1 N–H and O–H groups in total. The van der Waals surface area contributed by atoms with Gasteiger partial charge in [0.05, 0.1) is 26.5 Å². The molecule has 0 saturated carbocycles. The SMILES string of the molecule is COc1ccc(OC)c(N2C(=O)C(C=NCCN(C)C)C(=O)NC2=S)c1. The number of anilines is 1. The first-order valence-corrected chi connectivity index (χ1v) is 8.35. The Morgan fingerprint density at radius 2 is 2.04 bits per heavy atom. The van der Waals surface area contributed by atoms with Gasteiger partial charge >= 0.3 is 0 Å². The summed E-state index contributed by atoms with van der Waals surface area (Å²) in [6.45, 7) is 1.20. The molecule has 1 aliphatic rings. The van der Waals surface area contributed by atoms with Crippen molar-refractivity contribution in [2.24, 2.45) is 10.9 Å². The Kier molecular flexibility index (Phi) is 6.64. The zero-order chi connectivity index (χ0) is 19.3. The summed E-state index contributed by atoms with van der Waals surface area (Å²) in [5.41, 5.74) is 0.397. The summed E-state index contributed by atoms with van der Waals surface area (Å²) in [7, 11) is 6.85. The molecule has 1 aromatic rings. The van der Waals surface area contributed by atoms with Crippen LogP contribution in [0.2, 0.25) is 0 Å². The number of amides is 2. The van der Waals surface area contributed by atoms with Crippen molar-refractivity contribution in [3.8, 4) is 11.5 Å². The lowest BCUT2D eigenvalue weighted by atomic mass is 10.1. The number of hydrogen-bond donors (Lipinski definition) is 1. The minimum absolute atomic E-state index is 0.00973. The molecule has 0 bridgehead atoms. The molecule has 1 heterocycles. The molecule has 26 heavy (non-hydrogen) atoms. The number of ether oxygens (including phenoxy) is 2. The summed E-state index contributed by atoms with van der Waals surface area (Å²) in [5.74, 6) is -1.07. The molecule has 1 unspecified atom stereocenters. The van der Waals surface area contributed by atoms with Crippen LogP contribution >= 0.6 is 12.2 Å². The molecule has 2 rings (SSSR count). The van der Waals surface area contributed by atoms with Gasteiger partial charge in [0.25, 0.3) is 5.91 Å². The van der Waals surface area contributed by atoms with Crippen LogP contribution < -0.4 is 19.7 Å². The molecule has 0 aliphatic carbocycles. The number of rotatable bonds is 7. The zero-order valence-electron chi connectivity index (χ0n) is 15.2. The molecule has 0 spiro atoms. The predicted octanol–water partition coefficient (Wildman–Crippen LogP) is 0.700. The van der Waals surface area contributed by atoms with E-state index in [1.165, 1.54) is 25.3 Å². The Balaban J connectivity index is 2.32. The topological polar surface area (TPSA) is 83.5 Å². The summed E-state index contributed by atoms with van der Waals surface area (Å²) in [5, 5.41) is 2.54. The normalized spacial score (nSPS) is 17.8. The van der Waals surface area contributed by atoms with Gasteiger partial charge in [0.1, 0.15) is 11.5 Å². The van der Waals surface area contributed by atoms with Gasteiger partial charge in [-0.1, -0.05) is 0 Å². The maximum absolute atomic E-state index is 12.9. The molecule has 9 heteroatoms. The number of carbonyl (C=O) groups excluding carboxylic acids is 2. The first-order valence-electron chi connectivity index (χ1n) is 7.94. The van der Waals surface area contributed by atoms with Crippen molar-refractivity contribution in [2.75, 3.05) is 46.3 Å². The van der Waals surface area contributed by atoms with Gasteiger partial charge in [0.2, 0.25) is 5.91 Å². The van der Waals surface area contributed by atoms with Crippen LogP contribution in [-0.4, -0.2) is 69.4 Å². The summed E-state index contributed by atoms with van der Waals surface area (Å²) in [6, 6.07) is 5.00. The molecule has 0 aromatic heterocycles. The van der Waals surface area contributed by atoms with Crippen molar-refractivity contribution >= 4 is 41.0 Å². The quantitative estimate of drug-likeness (QED) is 0.427. The van der Waals surface area contributed by atoms with Gasteiger partial charge in [0, 0.05) is 18.8 Å². The second kappa shape index (κ2) is 8.72.